The molecule has 1 spiro atoms. The van der Waals surface area contributed by atoms with Crippen LogP contribution in [-0.4, -0.2) is 56.5 Å². The standard InChI is InChI=1S/C24H42O6/c1-2-3-4-5-6-7-8-9-10-11-12-13-14-15-21(25)30-20-18-26-23-22(20)27-19-24(23)28-16-17-29-24/h20,22-23H,2-19H2,1H3/t20-,22-,23+/m1/s1. The van der Waals surface area contributed by atoms with Gasteiger partial charge in [-0.1, -0.05) is 84.0 Å². The van der Waals surface area contributed by atoms with E-state index in [9.17, 15) is 4.79 Å². The van der Waals surface area contributed by atoms with Crippen LogP contribution < -0.4 is 0 Å². The SMILES string of the molecule is CCCCCCCCCCCCCCCC(=O)O[C@@H]1CO[C@H]2[C@@H]1OCC21OCCO1. The molecule has 0 aliphatic carbocycles. The number of carbonyl (C=O) groups excluding carboxylic acids is 1. The number of hydrogen-bond donors (Lipinski definition) is 0. The monoisotopic (exact) mass is 426 g/mol. The molecule has 6 nitrogen and oxygen atoms in total. The summed E-state index contributed by atoms with van der Waals surface area (Å²) in [6.07, 6.45) is 16.4. The van der Waals surface area contributed by atoms with Crippen molar-refractivity contribution in [2.45, 2.75) is 121 Å². The third kappa shape index (κ3) is 6.91. The van der Waals surface area contributed by atoms with Crippen molar-refractivity contribution in [2.24, 2.45) is 0 Å². The van der Waals surface area contributed by atoms with Crippen molar-refractivity contribution in [3.63, 3.8) is 0 Å². The van der Waals surface area contributed by atoms with E-state index in [-0.39, 0.29) is 24.3 Å². The van der Waals surface area contributed by atoms with E-state index in [1.54, 1.807) is 0 Å². The van der Waals surface area contributed by atoms with E-state index in [0.717, 1.165) is 12.8 Å². The molecule has 3 heterocycles. The second kappa shape index (κ2) is 13.0. The van der Waals surface area contributed by atoms with Crippen molar-refractivity contribution < 1.29 is 28.5 Å². The molecule has 3 aliphatic heterocycles. The fourth-order valence-electron chi connectivity index (χ4n) is 4.78. The first kappa shape index (κ1) is 24.0. The summed E-state index contributed by atoms with van der Waals surface area (Å²) < 4.78 is 28.6. The fraction of sp³-hybridized carbons (Fsp3) is 0.958. The fourth-order valence-corrected chi connectivity index (χ4v) is 4.78. The Labute approximate surface area is 182 Å². The molecule has 174 valence electrons. The molecule has 3 atom stereocenters. The molecule has 0 amide bonds. The van der Waals surface area contributed by atoms with Gasteiger partial charge in [0, 0.05) is 6.42 Å². The number of ether oxygens (including phenoxy) is 5. The predicted molar refractivity (Wildman–Crippen MR) is 114 cm³/mol. The average molecular weight is 427 g/mol. The third-order valence-electron chi connectivity index (χ3n) is 6.56. The molecule has 3 saturated heterocycles. The van der Waals surface area contributed by atoms with Gasteiger partial charge in [-0.25, -0.2) is 0 Å². The van der Waals surface area contributed by atoms with Crippen LogP contribution in [-0.2, 0) is 28.5 Å². The van der Waals surface area contributed by atoms with E-state index >= 15 is 0 Å². The van der Waals surface area contributed by atoms with Crippen molar-refractivity contribution in [3.8, 4) is 0 Å². The van der Waals surface area contributed by atoms with E-state index in [2.05, 4.69) is 6.92 Å². The molecule has 3 rings (SSSR count). The normalized spacial score (nSPS) is 27.0. The van der Waals surface area contributed by atoms with Crippen LogP contribution in [0, 0.1) is 0 Å². The molecule has 6 heteroatoms. The third-order valence-corrected chi connectivity index (χ3v) is 6.56. The molecule has 0 N–H and O–H groups in total. The molecule has 0 radical (unpaired) electrons. The highest BCUT2D eigenvalue weighted by molar-refractivity contribution is 5.69. The van der Waals surface area contributed by atoms with E-state index in [4.69, 9.17) is 23.7 Å². The van der Waals surface area contributed by atoms with Crippen LogP contribution in [0.4, 0.5) is 0 Å². The van der Waals surface area contributed by atoms with Gasteiger partial charge in [0.2, 0.25) is 5.79 Å². The molecular weight excluding hydrogens is 384 g/mol. The van der Waals surface area contributed by atoms with E-state index in [1.165, 1.54) is 70.6 Å². The number of hydrogen-bond acceptors (Lipinski definition) is 6. The van der Waals surface area contributed by atoms with Gasteiger partial charge >= 0.3 is 5.97 Å². The minimum absolute atomic E-state index is 0.148. The van der Waals surface area contributed by atoms with Gasteiger partial charge in [0.05, 0.1) is 19.8 Å². The maximum Gasteiger partial charge on any atom is 0.306 e. The smallest absolute Gasteiger partial charge is 0.306 e. The summed E-state index contributed by atoms with van der Waals surface area (Å²) in [5, 5.41) is 0. The van der Waals surface area contributed by atoms with Gasteiger partial charge < -0.3 is 23.7 Å². The van der Waals surface area contributed by atoms with E-state index in [1.807, 2.05) is 0 Å². The van der Waals surface area contributed by atoms with Crippen molar-refractivity contribution >= 4 is 5.97 Å². The lowest BCUT2D eigenvalue weighted by Gasteiger charge is -2.25. The van der Waals surface area contributed by atoms with Crippen LogP contribution in [0.25, 0.3) is 0 Å². The molecule has 0 saturated carbocycles. The Hall–Kier alpha value is -0.690. The van der Waals surface area contributed by atoms with Crippen LogP contribution in [0.15, 0.2) is 0 Å². The zero-order valence-corrected chi connectivity index (χ0v) is 18.9. The lowest BCUT2D eigenvalue weighted by molar-refractivity contribution is -0.207. The van der Waals surface area contributed by atoms with Crippen molar-refractivity contribution in [1.29, 1.82) is 0 Å². The lowest BCUT2D eigenvalue weighted by Crippen LogP contribution is -2.45. The minimum atomic E-state index is -0.791. The van der Waals surface area contributed by atoms with Crippen LogP contribution in [0.2, 0.25) is 0 Å². The topological polar surface area (TPSA) is 63.2 Å². The van der Waals surface area contributed by atoms with Gasteiger partial charge in [-0.05, 0) is 6.42 Å². The Bertz CT molecular complexity index is 490. The van der Waals surface area contributed by atoms with Gasteiger partial charge in [0.15, 0.2) is 6.10 Å². The van der Waals surface area contributed by atoms with Gasteiger partial charge in [-0.15, -0.1) is 0 Å². The summed E-state index contributed by atoms with van der Waals surface area (Å²) >= 11 is 0. The summed E-state index contributed by atoms with van der Waals surface area (Å²) in [7, 11) is 0. The highest BCUT2D eigenvalue weighted by Crippen LogP contribution is 2.40. The Morgan fingerprint density at radius 2 is 1.40 bits per heavy atom. The van der Waals surface area contributed by atoms with Crippen LogP contribution in [0.1, 0.15) is 96.8 Å². The largest absolute Gasteiger partial charge is 0.457 e. The zero-order valence-electron chi connectivity index (χ0n) is 18.9. The Kier molecular flexibility index (Phi) is 10.4. The second-order valence-electron chi connectivity index (χ2n) is 9.06. The second-order valence-corrected chi connectivity index (χ2v) is 9.06. The molecule has 3 aliphatic rings. The minimum Gasteiger partial charge on any atom is -0.457 e. The van der Waals surface area contributed by atoms with E-state index in [0.29, 0.717) is 32.8 Å². The van der Waals surface area contributed by atoms with Crippen molar-refractivity contribution in [2.75, 3.05) is 26.4 Å². The van der Waals surface area contributed by atoms with Gasteiger partial charge in [-0.3, -0.25) is 4.79 Å². The van der Waals surface area contributed by atoms with Gasteiger partial charge in [0.25, 0.3) is 0 Å². The Morgan fingerprint density at radius 1 is 0.833 bits per heavy atom. The first-order valence-corrected chi connectivity index (χ1v) is 12.5. The van der Waals surface area contributed by atoms with Crippen LogP contribution in [0.5, 0.6) is 0 Å². The molecular formula is C24H42O6. The zero-order chi connectivity index (χ0) is 21.1. The highest BCUT2D eigenvalue weighted by atomic mass is 16.8. The maximum absolute atomic E-state index is 12.2. The summed E-state index contributed by atoms with van der Waals surface area (Å²) in [5.74, 6) is -0.939. The van der Waals surface area contributed by atoms with Crippen LogP contribution in [0.3, 0.4) is 0 Å². The molecule has 0 aromatic heterocycles. The van der Waals surface area contributed by atoms with E-state index < -0.39 is 5.79 Å². The molecule has 0 unspecified atom stereocenters. The Morgan fingerprint density at radius 3 is 2.00 bits per heavy atom. The highest BCUT2D eigenvalue weighted by Gasteiger charge is 2.61. The average Bonchev–Trinajstić information content (AvgIpc) is 3.46. The first-order chi connectivity index (χ1) is 14.7. The summed E-state index contributed by atoms with van der Waals surface area (Å²) in [5.41, 5.74) is 0. The first-order valence-electron chi connectivity index (χ1n) is 12.5. The quantitative estimate of drug-likeness (QED) is 0.274. The van der Waals surface area contributed by atoms with Gasteiger partial charge in [-0.2, -0.15) is 0 Å². The number of fused-ring (bicyclic) bond motifs is 2. The summed E-state index contributed by atoms with van der Waals surface area (Å²) in [6.45, 7) is 4.07. The molecule has 0 aromatic rings. The molecule has 3 fully saturated rings. The predicted octanol–water partition coefficient (Wildman–Crippen LogP) is 4.92. The Balaban J connectivity index is 1.15. The summed E-state index contributed by atoms with van der Waals surface area (Å²) in [4.78, 5) is 12.2. The lowest BCUT2D eigenvalue weighted by atomic mass is 10.0. The summed E-state index contributed by atoms with van der Waals surface area (Å²) in [6, 6.07) is 0. The molecule has 0 aromatic carbocycles. The number of esters is 1. The number of rotatable bonds is 15. The maximum atomic E-state index is 12.2. The number of unbranched alkanes of at least 4 members (excludes halogenated alkanes) is 12. The molecule has 0 bridgehead atoms. The van der Waals surface area contributed by atoms with Crippen molar-refractivity contribution in [3.05, 3.63) is 0 Å². The van der Waals surface area contributed by atoms with Gasteiger partial charge in [0.1, 0.15) is 18.8 Å². The molecule has 30 heavy (non-hydrogen) atoms. The number of carbonyl (C=O) groups is 1. The van der Waals surface area contributed by atoms with Crippen LogP contribution >= 0.6 is 0 Å². The van der Waals surface area contributed by atoms with Crippen molar-refractivity contribution in [1.82, 2.24) is 0 Å².